The predicted octanol–water partition coefficient (Wildman–Crippen LogP) is 5.77. The van der Waals surface area contributed by atoms with Crippen molar-refractivity contribution >= 4 is 23.3 Å². The first-order chi connectivity index (χ1) is 16.1. The quantitative estimate of drug-likeness (QED) is 0.471. The minimum absolute atomic E-state index is 0.113. The van der Waals surface area contributed by atoms with E-state index in [0.29, 0.717) is 33.9 Å². The topological polar surface area (TPSA) is 89.7 Å². The van der Waals surface area contributed by atoms with E-state index in [2.05, 4.69) is 15.5 Å². The van der Waals surface area contributed by atoms with E-state index in [1.165, 1.54) is 6.42 Å². The molecule has 1 aliphatic rings. The number of rotatable bonds is 7. The third kappa shape index (κ3) is 5.57. The number of nitrogens with zero attached hydrogens (tertiary/aromatic N) is 3. The molecule has 2 amide bonds. The lowest BCUT2D eigenvalue weighted by atomic mass is 9.94. The molecule has 0 aliphatic heterocycles. The van der Waals surface area contributed by atoms with Crippen LogP contribution in [-0.4, -0.2) is 41.3 Å². The van der Waals surface area contributed by atoms with Crippen molar-refractivity contribution in [2.45, 2.75) is 44.7 Å². The van der Waals surface area contributed by atoms with Crippen molar-refractivity contribution in [3.8, 4) is 22.9 Å². The summed E-state index contributed by atoms with van der Waals surface area (Å²) in [4.78, 5) is 19.5. The van der Waals surface area contributed by atoms with E-state index in [-0.39, 0.29) is 18.6 Å². The van der Waals surface area contributed by atoms with Crippen LogP contribution in [0.2, 0.25) is 5.02 Å². The summed E-state index contributed by atoms with van der Waals surface area (Å²) in [5, 5.41) is 7.69. The molecular formula is C24H27ClN4O4. The first kappa shape index (κ1) is 22.9. The number of amides is 2. The molecule has 33 heavy (non-hydrogen) atoms. The lowest BCUT2D eigenvalue weighted by Gasteiger charge is -2.33. The van der Waals surface area contributed by atoms with Crippen LogP contribution in [0.4, 0.5) is 10.5 Å². The van der Waals surface area contributed by atoms with Gasteiger partial charge in [-0.05, 0) is 55.3 Å². The molecule has 1 fully saturated rings. The molecule has 0 spiro atoms. The zero-order valence-electron chi connectivity index (χ0n) is 18.7. The Morgan fingerprint density at radius 3 is 2.52 bits per heavy atom. The largest absolute Gasteiger partial charge is 0.493 e. The summed E-state index contributed by atoms with van der Waals surface area (Å²) in [7, 11) is 3.16. The number of methoxy groups -OCH3 is 2. The average molecular weight is 471 g/mol. The summed E-state index contributed by atoms with van der Waals surface area (Å²) >= 11 is 5.96. The Bertz CT molecular complexity index is 1080. The first-order valence-electron chi connectivity index (χ1n) is 11.0. The maximum Gasteiger partial charge on any atom is 0.322 e. The summed E-state index contributed by atoms with van der Waals surface area (Å²) in [6.07, 6.45) is 5.27. The van der Waals surface area contributed by atoms with Crippen LogP contribution in [0.15, 0.2) is 47.0 Å². The fraction of sp³-hybridized carbons (Fsp3) is 0.375. The Hall–Kier alpha value is -3.26. The fourth-order valence-electron chi connectivity index (χ4n) is 4.05. The van der Waals surface area contributed by atoms with Gasteiger partial charge < -0.3 is 24.2 Å². The van der Waals surface area contributed by atoms with Crippen molar-refractivity contribution in [3.05, 3.63) is 53.4 Å². The van der Waals surface area contributed by atoms with Gasteiger partial charge in [0.15, 0.2) is 11.5 Å². The van der Waals surface area contributed by atoms with Crippen LogP contribution in [0.1, 0.15) is 38.0 Å². The van der Waals surface area contributed by atoms with Gasteiger partial charge in [-0.2, -0.15) is 4.98 Å². The van der Waals surface area contributed by atoms with Gasteiger partial charge in [-0.1, -0.05) is 36.0 Å². The first-order valence-corrected chi connectivity index (χ1v) is 11.3. The van der Waals surface area contributed by atoms with E-state index in [1.54, 1.807) is 55.5 Å². The van der Waals surface area contributed by atoms with Gasteiger partial charge in [-0.15, -0.1) is 0 Å². The number of hydrogen-bond donors (Lipinski definition) is 1. The number of aromatic nitrogens is 2. The maximum absolute atomic E-state index is 13.2. The SMILES string of the molecule is COc1ccc(-c2noc(CN(C(=O)Nc3ccc(Cl)cc3)C3CCCCC3)n2)cc1OC. The van der Waals surface area contributed by atoms with E-state index < -0.39 is 0 Å². The highest BCUT2D eigenvalue weighted by Crippen LogP contribution is 2.31. The van der Waals surface area contributed by atoms with Crippen LogP contribution >= 0.6 is 11.6 Å². The summed E-state index contributed by atoms with van der Waals surface area (Å²) < 4.78 is 16.2. The number of ether oxygens (including phenoxy) is 2. The van der Waals surface area contributed by atoms with Crippen molar-refractivity contribution in [2.75, 3.05) is 19.5 Å². The van der Waals surface area contributed by atoms with Gasteiger partial charge in [0.05, 0.1) is 14.2 Å². The third-order valence-corrected chi connectivity index (χ3v) is 6.04. The Morgan fingerprint density at radius 2 is 1.82 bits per heavy atom. The van der Waals surface area contributed by atoms with E-state index in [1.807, 2.05) is 6.07 Å². The van der Waals surface area contributed by atoms with Crippen LogP contribution in [0.25, 0.3) is 11.4 Å². The molecule has 1 aromatic heterocycles. The second-order valence-electron chi connectivity index (χ2n) is 7.94. The van der Waals surface area contributed by atoms with Gasteiger partial charge in [0.25, 0.3) is 0 Å². The van der Waals surface area contributed by atoms with Crippen molar-refractivity contribution in [3.63, 3.8) is 0 Å². The number of nitrogens with one attached hydrogen (secondary N) is 1. The number of carbonyl (C=O) groups is 1. The highest BCUT2D eigenvalue weighted by atomic mass is 35.5. The van der Waals surface area contributed by atoms with Gasteiger partial charge in [-0.25, -0.2) is 4.79 Å². The van der Waals surface area contributed by atoms with Crippen LogP contribution in [0.5, 0.6) is 11.5 Å². The number of anilines is 1. The molecule has 1 N–H and O–H groups in total. The highest BCUT2D eigenvalue weighted by Gasteiger charge is 2.28. The maximum atomic E-state index is 13.2. The van der Waals surface area contributed by atoms with Crippen LogP contribution < -0.4 is 14.8 Å². The molecule has 0 bridgehead atoms. The normalized spacial score (nSPS) is 14.0. The Balaban J connectivity index is 1.53. The number of halogens is 1. The molecule has 1 heterocycles. The lowest BCUT2D eigenvalue weighted by molar-refractivity contribution is 0.151. The molecule has 1 aliphatic carbocycles. The number of benzene rings is 2. The molecule has 3 aromatic rings. The lowest BCUT2D eigenvalue weighted by Crippen LogP contribution is -2.43. The zero-order chi connectivity index (χ0) is 23.2. The monoisotopic (exact) mass is 470 g/mol. The molecule has 2 aromatic carbocycles. The van der Waals surface area contributed by atoms with E-state index in [4.69, 9.17) is 25.6 Å². The molecule has 174 valence electrons. The van der Waals surface area contributed by atoms with Crippen molar-refractivity contribution in [2.24, 2.45) is 0 Å². The summed E-state index contributed by atoms with van der Waals surface area (Å²) in [5.74, 6) is 1.99. The molecule has 1 saturated carbocycles. The second kappa shape index (κ2) is 10.6. The molecule has 8 nitrogen and oxygen atoms in total. The van der Waals surface area contributed by atoms with Crippen LogP contribution in [0.3, 0.4) is 0 Å². The van der Waals surface area contributed by atoms with Gasteiger partial charge in [0, 0.05) is 22.3 Å². The number of hydrogen-bond acceptors (Lipinski definition) is 6. The summed E-state index contributed by atoms with van der Waals surface area (Å²) in [5.41, 5.74) is 1.42. The Morgan fingerprint density at radius 1 is 1.09 bits per heavy atom. The minimum atomic E-state index is -0.199. The minimum Gasteiger partial charge on any atom is -0.493 e. The van der Waals surface area contributed by atoms with Crippen LogP contribution in [-0.2, 0) is 6.54 Å². The summed E-state index contributed by atoms with van der Waals surface area (Å²) in [6.45, 7) is 0.227. The molecule has 0 unspecified atom stereocenters. The highest BCUT2D eigenvalue weighted by molar-refractivity contribution is 6.30. The molecule has 0 radical (unpaired) electrons. The van der Waals surface area contributed by atoms with E-state index in [9.17, 15) is 4.79 Å². The van der Waals surface area contributed by atoms with Gasteiger partial charge in [-0.3, -0.25) is 0 Å². The zero-order valence-corrected chi connectivity index (χ0v) is 19.5. The van der Waals surface area contributed by atoms with Crippen molar-refractivity contribution in [1.29, 1.82) is 0 Å². The molecule has 9 heteroatoms. The number of carbonyl (C=O) groups excluding carboxylic acids is 1. The van der Waals surface area contributed by atoms with Gasteiger partial charge >= 0.3 is 6.03 Å². The predicted molar refractivity (Wildman–Crippen MR) is 126 cm³/mol. The standard InChI is InChI=1S/C24H27ClN4O4/c1-31-20-13-8-16(14-21(20)32-2)23-27-22(33-28-23)15-29(19-6-4-3-5-7-19)24(30)26-18-11-9-17(25)10-12-18/h8-14,19H,3-7,15H2,1-2H3,(H,26,30). The molecule has 4 rings (SSSR count). The average Bonchev–Trinajstić information content (AvgIpc) is 3.32. The molecule has 0 saturated heterocycles. The van der Waals surface area contributed by atoms with E-state index in [0.717, 1.165) is 31.2 Å². The molecule has 0 atom stereocenters. The molecular weight excluding hydrogens is 444 g/mol. The fourth-order valence-corrected chi connectivity index (χ4v) is 4.17. The second-order valence-corrected chi connectivity index (χ2v) is 8.37. The van der Waals surface area contributed by atoms with Crippen molar-refractivity contribution < 1.29 is 18.8 Å². The van der Waals surface area contributed by atoms with Gasteiger partial charge in [0.1, 0.15) is 6.54 Å². The Kier molecular flexibility index (Phi) is 7.34. The van der Waals surface area contributed by atoms with Crippen LogP contribution in [0, 0.1) is 0 Å². The number of urea groups is 1. The third-order valence-electron chi connectivity index (χ3n) is 5.79. The van der Waals surface area contributed by atoms with Gasteiger partial charge in [0.2, 0.25) is 11.7 Å². The Labute approximate surface area is 197 Å². The van der Waals surface area contributed by atoms with Crippen molar-refractivity contribution in [1.82, 2.24) is 15.0 Å². The van der Waals surface area contributed by atoms with E-state index >= 15 is 0 Å². The summed E-state index contributed by atoms with van der Waals surface area (Å²) in [6, 6.07) is 12.4. The smallest absolute Gasteiger partial charge is 0.322 e.